The van der Waals surface area contributed by atoms with Crippen LogP contribution in [0.3, 0.4) is 0 Å². The van der Waals surface area contributed by atoms with Crippen molar-refractivity contribution in [1.82, 2.24) is 4.72 Å². The molecule has 6 heteroatoms. The van der Waals surface area contributed by atoms with Gasteiger partial charge in [0.25, 0.3) is 0 Å². The van der Waals surface area contributed by atoms with E-state index in [-0.39, 0.29) is 23.7 Å². The zero-order chi connectivity index (χ0) is 16.3. The number of carboxylic acids is 1. The lowest BCUT2D eigenvalue weighted by Crippen LogP contribution is -2.43. The number of aliphatic carboxylic acids is 1. The summed E-state index contributed by atoms with van der Waals surface area (Å²) in [6.45, 7) is 7.35. The molecule has 0 aliphatic carbocycles. The standard InChI is InChI=1S/C15H23NO4S/c1-11(2)12-6-5-7-13(10-12)21(19,20)16-15(3,4)9-8-14(17)18/h5-7,10-11,16H,8-9H2,1-4H3,(H,17,18). The normalized spacial score (nSPS) is 12.6. The molecule has 0 unspecified atom stereocenters. The van der Waals surface area contributed by atoms with Gasteiger partial charge in [-0.2, -0.15) is 0 Å². The Morgan fingerprint density at radius 1 is 1.33 bits per heavy atom. The minimum atomic E-state index is -3.66. The Bertz CT molecular complexity index is 606. The first kappa shape index (κ1) is 17.7. The highest BCUT2D eigenvalue weighted by molar-refractivity contribution is 7.89. The van der Waals surface area contributed by atoms with Gasteiger partial charge in [-0.15, -0.1) is 0 Å². The van der Waals surface area contributed by atoms with Gasteiger partial charge < -0.3 is 5.11 Å². The van der Waals surface area contributed by atoms with Gasteiger partial charge in [-0.3, -0.25) is 4.79 Å². The van der Waals surface area contributed by atoms with E-state index in [2.05, 4.69) is 4.72 Å². The van der Waals surface area contributed by atoms with Crippen molar-refractivity contribution in [2.45, 2.75) is 56.9 Å². The molecule has 5 nitrogen and oxygen atoms in total. The predicted molar refractivity (Wildman–Crippen MR) is 81.8 cm³/mol. The monoisotopic (exact) mass is 313 g/mol. The van der Waals surface area contributed by atoms with Crippen molar-refractivity contribution in [3.8, 4) is 0 Å². The van der Waals surface area contributed by atoms with Gasteiger partial charge in [0.15, 0.2) is 0 Å². The van der Waals surface area contributed by atoms with Crippen molar-refractivity contribution in [1.29, 1.82) is 0 Å². The molecule has 118 valence electrons. The fourth-order valence-electron chi connectivity index (χ4n) is 1.93. The predicted octanol–water partition coefficient (Wildman–Crippen LogP) is 2.73. The lowest BCUT2D eigenvalue weighted by Gasteiger charge is -2.25. The van der Waals surface area contributed by atoms with Gasteiger partial charge in [0.1, 0.15) is 0 Å². The van der Waals surface area contributed by atoms with Gasteiger partial charge in [-0.05, 0) is 43.9 Å². The van der Waals surface area contributed by atoms with Crippen LogP contribution < -0.4 is 4.72 Å². The van der Waals surface area contributed by atoms with Gasteiger partial charge in [0.05, 0.1) is 4.90 Å². The number of sulfonamides is 1. The second-order valence-corrected chi connectivity index (χ2v) is 7.79. The van der Waals surface area contributed by atoms with Crippen molar-refractivity contribution in [3.63, 3.8) is 0 Å². The van der Waals surface area contributed by atoms with Crippen LogP contribution in [0.4, 0.5) is 0 Å². The van der Waals surface area contributed by atoms with Gasteiger partial charge in [0, 0.05) is 12.0 Å². The number of carboxylic acid groups (broad SMARTS) is 1. The number of benzene rings is 1. The summed E-state index contributed by atoms with van der Waals surface area (Å²) in [5, 5.41) is 8.71. The Morgan fingerprint density at radius 2 is 1.95 bits per heavy atom. The second-order valence-electron chi connectivity index (χ2n) is 6.11. The van der Waals surface area contributed by atoms with Crippen molar-refractivity contribution in [3.05, 3.63) is 29.8 Å². The first-order valence-corrected chi connectivity index (χ1v) is 8.37. The summed E-state index contributed by atoms with van der Waals surface area (Å²) in [5.41, 5.74) is 0.131. The van der Waals surface area contributed by atoms with Crippen LogP contribution in [0, 0.1) is 0 Å². The molecular weight excluding hydrogens is 290 g/mol. The van der Waals surface area contributed by atoms with E-state index < -0.39 is 21.5 Å². The first-order chi connectivity index (χ1) is 9.53. The molecule has 0 aliphatic rings. The molecule has 0 aliphatic heterocycles. The van der Waals surface area contributed by atoms with E-state index in [1.54, 1.807) is 32.0 Å². The molecule has 21 heavy (non-hydrogen) atoms. The summed E-state index contributed by atoms with van der Waals surface area (Å²) in [6, 6.07) is 6.80. The van der Waals surface area contributed by atoms with Crippen LogP contribution in [0.1, 0.15) is 52.0 Å². The third kappa shape index (κ3) is 5.47. The molecule has 0 fully saturated rings. The second kappa shape index (κ2) is 6.58. The summed E-state index contributed by atoms with van der Waals surface area (Å²) in [4.78, 5) is 10.8. The average molecular weight is 313 g/mol. The molecule has 0 atom stereocenters. The van der Waals surface area contributed by atoms with E-state index in [4.69, 9.17) is 5.11 Å². The van der Waals surface area contributed by atoms with E-state index in [1.165, 1.54) is 0 Å². The summed E-state index contributed by atoms with van der Waals surface area (Å²) in [6.07, 6.45) is 0.146. The summed E-state index contributed by atoms with van der Waals surface area (Å²) in [5.74, 6) is -0.704. The molecule has 0 amide bonds. The summed E-state index contributed by atoms with van der Waals surface area (Å²) < 4.78 is 27.4. The molecule has 0 bridgehead atoms. The third-order valence-electron chi connectivity index (χ3n) is 3.21. The zero-order valence-electron chi connectivity index (χ0n) is 12.9. The third-order valence-corrected chi connectivity index (χ3v) is 4.91. The van der Waals surface area contributed by atoms with Gasteiger partial charge in [0.2, 0.25) is 10.0 Å². The molecule has 0 saturated carbocycles. The van der Waals surface area contributed by atoms with Crippen LogP contribution in [0.5, 0.6) is 0 Å². The molecule has 1 aromatic carbocycles. The average Bonchev–Trinajstić information content (AvgIpc) is 2.35. The molecule has 0 aromatic heterocycles. The topological polar surface area (TPSA) is 83.5 Å². The Morgan fingerprint density at radius 3 is 2.48 bits per heavy atom. The van der Waals surface area contributed by atoms with Crippen LogP contribution >= 0.6 is 0 Å². The smallest absolute Gasteiger partial charge is 0.303 e. The lowest BCUT2D eigenvalue weighted by molar-refractivity contribution is -0.137. The Balaban J connectivity index is 2.95. The maximum Gasteiger partial charge on any atom is 0.303 e. The molecule has 0 radical (unpaired) electrons. The van der Waals surface area contributed by atoms with Crippen LogP contribution in [-0.2, 0) is 14.8 Å². The van der Waals surface area contributed by atoms with Crippen molar-refractivity contribution in [2.24, 2.45) is 0 Å². The largest absolute Gasteiger partial charge is 0.481 e. The molecular formula is C15H23NO4S. The van der Waals surface area contributed by atoms with Crippen molar-refractivity contribution < 1.29 is 18.3 Å². The molecule has 1 aromatic rings. The van der Waals surface area contributed by atoms with Gasteiger partial charge in [-0.25, -0.2) is 13.1 Å². The molecule has 0 heterocycles. The fourth-order valence-corrected chi connectivity index (χ4v) is 3.43. The van der Waals surface area contributed by atoms with E-state index in [0.29, 0.717) is 0 Å². The van der Waals surface area contributed by atoms with Crippen LogP contribution in [0.2, 0.25) is 0 Å². The van der Waals surface area contributed by atoms with Crippen LogP contribution in [-0.4, -0.2) is 25.0 Å². The minimum absolute atomic E-state index is 0.0818. The summed E-state index contributed by atoms with van der Waals surface area (Å²) in [7, 11) is -3.66. The zero-order valence-corrected chi connectivity index (χ0v) is 13.7. The quantitative estimate of drug-likeness (QED) is 0.810. The van der Waals surface area contributed by atoms with Crippen molar-refractivity contribution >= 4 is 16.0 Å². The van der Waals surface area contributed by atoms with E-state index >= 15 is 0 Å². The number of rotatable bonds is 7. The fraction of sp³-hybridized carbons (Fsp3) is 0.533. The number of nitrogens with one attached hydrogen (secondary N) is 1. The Hall–Kier alpha value is -1.40. The highest BCUT2D eigenvalue weighted by atomic mass is 32.2. The maximum absolute atomic E-state index is 12.4. The van der Waals surface area contributed by atoms with Gasteiger partial charge in [-0.1, -0.05) is 26.0 Å². The number of hydrogen-bond donors (Lipinski definition) is 2. The van der Waals surface area contributed by atoms with E-state index in [9.17, 15) is 13.2 Å². The Labute approximate surface area is 126 Å². The van der Waals surface area contributed by atoms with Crippen LogP contribution in [0.15, 0.2) is 29.2 Å². The SMILES string of the molecule is CC(C)c1cccc(S(=O)(=O)NC(C)(C)CCC(=O)O)c1. The molecule has 1 rings (SSSR count). The lowest BCUT2D eigenvalue weighted by atomic mass is 10.0. The molecule has 0 saturated heterocycles. The molecule has 0 spiro atoms. The van der Waals surface area contributed by atoms with E-state index in [1.807, 2.05) is 19.9 Å². The maximum atomic E-state index is 12.4. The van der Waals surface area contributed by atoms with Crippen LogP contribution in [0.25, 0.3) is 0 Å². The number of hydrogen-bond acceptors (Lipinski definition) is 3. The minimum Gasteiger partial charge on any atom is -0.481 e. The Kier molecular flexibility index (Phi) is 5.53. The summed E-state index contributed by atoms with van der Waals surface area (Å²) >= 11 is 0. The highest BCUT2D eigenvalue weighted by Gasteiger charge is 2.27. The number of carbonyl (C=O) groups is 1. The van der Waals surface area contributed by atoms with Crippen molar-refractivity contribution in [2.75, 3.05) is 0 Å². The first-order valence-electron chi connectivity index (χ1n) is 6.89. The molecule has 2 N–H and O–H groups in total. The van der Waals surface area contributed by atoms with E-state index in [0.717, 1.165) is 5.56 Å². The van der Waals surface area contributed by atoms with Gasteiger partial charge >= 0.3 is 5.97 Å². The highest BCUT2D eigenvalue weighted by Crippen LogP contribution is 2.21.